The van der Waals surface area contributed by atoms with Crippen molar-refractivity contribution >= 4 is 11.3 Å². The van der Waals surface area contributed by atoms with Gasteiger partial charge in [-0.2, -0.15) is 0 Å². The first-order chi connectivity index (χ1) is 7.61. The molecule has 0 atom stereocenters. The van der Waals surface area contributed by atoms with Gasteiger partial charge >= 0.3 is 0 Å². The first kappa shape index (κ1) is 11.3. The van der Waals surface area contributed by atoms with Crippen molar-refractivity contribution in [3.8, 4) is 10.4 Å². The van der Waals surface area contributed by atoms with E-state index in [1.807, 2.05) is 26.0 Å². The molecule has 1 nitrogen and oxygen atoms in total. The third kappa shape index (κ3) is 2.01. The highest BCUT2D eigenvalue weighted by Gasteiger charge is 2.11. The number of nitrogens with two attached hydrogens (primary N) is 1. The van der Waals surface area contributed by atoms with Gasteiger partial charge in [-0.1, -0.05) is 11.6 Å². The van der Waals surface area contributed by atoms with Crippen LogP contribution in [0.3, 0.4) is 0 Å². The van der Waals surface area contributed by atoms with Gasteiger partial charge in [-0.3, -0.25) is 0 Å². The Labute approximate surface area is 98.7 Å². The largest absolute Gasteiger partial charge is 0.326 e. The number of hydrogen-bond donors (Lipinski definition) is 1. The summed E-state index contributed by atoms with van der Waals surface area (Å²) < 4.78 is 13.7. The molecule has 0 aliphatic rings. The summed E-state index contributed by atoms with van der Waals surface area (Å²) in [6, 6.07) is 7.22. The fourth-order valence-corrected chi connectivity index (χ4v) is 2.80. The maximum atomic E-state index is 13.7. The Morgan fingerprint density at radius 2 is 2.00 bits per heavy atom. The molecule has 0 saturated heterocycles. The molecule has 0 fully saturated rings. The molecule has 16 heavy (non-hydrogen) atoms. The highest BCUT2D eigenvalue weighted by atomic mass is 32.1. The Hall–Kier alpha value is -1.19. The zero-order valence-electron chi connectivity index (χ0n) is 9.38. The van der Waals surface area contributed by atoms with Crippen LogP contribution in [0.5, 0.6) is 0 Å². The minimum Gasteiger partial charge on any atom is -0.326 e. The van der Waals surface area contributed by atoms with Gasteiger partial charge in [-0.05, 0) is 37.6 Å². The molecule has 3 heteroatoms. The van der Waals surface area contributed by atoms with Crippen LogP contribution in [0.15, 0.2) is 24.3 Å². The molecule has 0 unspecified atom stereocenters. The summed E-state index contributed by atoms with van der Waals surface area (Å²) in [5.41, 5.74) is 8.44. The van der Waals surface area contributed by atoms with Crippen molar-refractivity contribution < 1.29 is 4.39 Å². The molecule has 0 bridgehead atoms. The molecule has 0 spiro atoms. The SMILES string of the molecule is Cc1ccc(F)c(-c2sc(CN)cc2C)c1. The van der Waals surface area contributed by atoms with Crippen LogP contribution >= 0.6 is 11.3 Å². The van der Waals surface area contributed by atoms with E-state index in [0.29, 0.717) is 12.1 Å². The number of hydrogen-bond acceptors (Lipinski definition) is 2. The van der Waals surface area contributed by atoms with Crippen molar-refractivity contribution in [2.24, 2.45) is 5.73 Å². The summed E-state index contributed by atoms with van der Waals surface area (Å²) in [6.45, 7) is 4.47. The summed E-state index contributed by atoms with van der Waals surface area (Å²) in [4.78, 5) is 2.08. The van der Waals surface area contributed by atoms with Crippen molar-refractivity contribution in [2.75, 3.05) is 0 Å². The van der Waals surface area contributed by atoms with E-state index in [2.05, 4.69) is 0 Å². The fourth-order valence-electron chi connectivity index (χ4n) is 1.73. The lowest BCUT2D eigenvalue weighted by atomic mass is 10.1. The van der Waals surface area contributed by atoms with E-state index in [-0.39, 0.29) is 5.82 Å². The topological polar surface area (TPSA) is 26.0 Å². The highest BCUT2D eigenvalue weighted by Crippen LogP contribution is 2.34. The summed E-state index contributed by atoms with van der Waals surface area (Å²) in [5, 5.41) is 0. The van der Waals surface area contributed by atoms with Crippen LogP contribution in [0.4, 0.5) is 4.39 Å². The molecule has 1 aromatic heterocycles. The van der Waals surface area contributed by atoms with Crippen molar-refractivity contribution in [2.45, 2.75) is 20.4 Å². The van der Waals surface area contributed by atoms with E-state index in [4.69, 9.17) is 5.73 Å². The summed E-state index contributed by atoms with van der Waals surface area (Å²) in [7, 11) is 0. The fraction of sp³-hybridized carbons (Fsp3) is 0.231. The zero-order chi connectivity index (χ0) is 11.7. The van der Waals surface area contributed by atoms with Crippen molar-refractivity contribution in [1.29, 1.82) is 0 Å². The smallest absolute Gasteiger partial charge is 0.131 e. The van der Waals surface area contributed by atoms with Gasteiger partial charge in [0.15, 0.2) is 0 Å². The average molecular weight is 235 g/mol. The number of thiophene rings is 1. The quantitative estimate of drug-likeness (QED) is 0.845. The van der Waals surface area contributed by atoms with Crippen LogP contribution in [0.2, 0.25) is 0 Å². The van der Waals surface area contributed by atoms with Crippen LogP contribution in [0.1, 0.15) is 16.0 Å². The van der Waals surface area contributed by atoms with E-state index in [1.165, 1.54) is 6.07 Å². The Balaban J connectivity index is 2.57. The second kappa shape index (κ2) is 4.36. The number of rotatable bonds is 2. The van der Waals surface area contributed by atoms with Gasteiger partial charge in [0, 0.05) is 21.9 Å². The maximum Gasteiger partial charge on any atom is 0.131 e. The molecule has 0 saturated carbocycles. The second-order valence-corrected chi connectivity index (χ2v) is 5.05. The van der Waals surface area contributed by atoms with E-state index in [1.54, 1.807) is 17.4 Å². The Bertz CT molecular complexity index is 517. The normalized spacial score (nSPS) is 10.8. The summed E-state index contributed by atoms with van der Waals surface area (Å²) in [6.07, 6.45) is 0. The first-order valence-corrected chi connectivity index (χ1v) is 5.99. The van der Waals surface area contributed by atoms with Crippen molar-refractivity contribution in [3.63, 3.8) is 0 Å². The van der Waals surface area contributed by atoms with Crippen LogP contribution < -0.4 is 5.73 Å². The number of benzene rings is 1. The minimum absolute atomic E-state index is 0.167. The zero-order valence-corrected chi connectivity index (χ0v) is 10.2. The van der Waals surface area contributed by atoms with Gasteiger partial charge in [0.1, 0.15) is 5.82 Å². The Morgan fingerprint density at radius 3 is 2.62 bits per heavy atom. The molecule has 2 rings (SSSR count). The predicted molar refractivity (Wildman–Crippen MR) is 67.1 cm³/mol. The molecule has 2 aromatic rings. The van der Waals surface area contributed by atoms with E-state index in [9.17, 15) is 4.39 Å². The first-order valence-electron chi connectivity index (χ1n) is 5.17. The van der Waals surface area contributed by atoms with Gasteiger partial charge in [-0.25, -0.2) is 4.39 Å². The molecule has 0 amide bonds. The highest BCUT2D eigenvalue weighted by molar-refractivity contribution is 7.15. The Morgan fingerprint density at radius 1 is 1.25 bits per heavy atom. The third-order valence-corrected chi connectivity index (χ3v) is 3.83. The van der Waals surface area contributed by atoms with Gasteiger partial charge in [0.2, 0.25) is 0 Å². The summed E-state index contributed by atoms with van der Waals surface area (Å²) >= 11 is 1.57. The lowest BCUT2D eigenvalue weighted by Crippen LogP contribution is -1.91. The van der Waals surface area contributed by atoms with Crippen LogP contribution in [0, 0.1) is 19.7 Å². The standard InChI is InChI=1S/C13H14FNS/c1-8-3-4-12(14)11(5-8)13-9(2)6-10(7-15)16-13/h3-6H,7,15H2,1-2H3. The van der Waals surface area contributed by atoms with Gasteiger partial charge in [0.05, 0.1) is 0 Å². The lowest BCUT2D eigenvalue weighted by Gasteiger charge is -2.03. The third-order valence-electron chi connectivity index (χ3n) is 2.54. The van der Waals surface area contributed by atoms with E-state index < -0.39 is 0 Å². The molecule has 0 aliphatic carbocycles. The van der Waals surface area contributed by atoms with Gasteiger partial charge in [-0.15, -0.1) is 11.3 Å². The molecule has 1 heterocycles. The second-order valence-electron chi connectivity index (χ2n) is 3.91. The lowest BCUT2D eigenvalue weighted by molar-refractivity contribution is 0.631. The summed E-state index contributed by atoms with van der Waals surface area (Å²) in [5.74, 6) is -0.167. The van der Waals surface area contributed by atoms with Crippen molar-refractivity contribution in [1.82, 2.24) is 0 Å². The van der Waals surface area contributed by atoms with E-state index in [0.717, 1.165) is 20.9 Å². The van der Waals surface area contributed by atoms with Crippen LogP contribution in [-0.4, -0.2) is 0 Å². The molecule has 2 N–H and O–H groups in total. The maximum absolute atomic E-state index is 13.7. The average Bonchev–Trinajstić information content (AvgIpc) is 2.63. The van der Waals surface area contributed by atoms with Crippen LogP contribution in [0.25, 0.3) is 10.4 Å². The van der Waals surface area contributed by atoms with E-state index >= 15 is 0 Å². The monoisotopic (exact) mass is 235 g/mol. The van der Waals surface area contributed by atoms with Gasteiger partial charge in [0.25, 0.3) is 0 Å². The van der Waals surface area contributed by atoms with Crippen LogP contribution in [-0.2, 0) is 6.54 Å². The molecule has 0 aliphatic heterocycles. The number of halogens is 1. The molecule has 84 valence electrons. The minimum atomic E-state index is -0.167. The molecule has 0 radical (unpaired) electrons. The molecular formula is C13H14FNS. The molecule has 1 aromatic carbocycles. The van der Waals surface area contributed by atoms with Crippen molar-refractivity contribution in [3.05, 3.63) is 46.1 Å². The molecular weight excluding hydrogens is 221 g/mol. The Kier molecular flexibility index (Phi) is 3.08. The predicted octanol–water partition coefficient (Wildman–Crippen LogP) is 3.63. The van der Waals surface area contributed by atoms with Gasteiger partial charge < -0.3 is 5.73 Å². The number of aryl methyl sites for hydroxylation is 2.